The molecule has 10 nitrogen and oxygen atoms in total. The fraction of sp³-hybridized carbons (Fsp3) is 0.455. The van der Waals surface area contributed by atoms with E-state index >= 15 is 0 Å². The molecule has 10 heteroatoms. The molecule has 1 fully saturated rings. The molecule has 32 heavy (non-hydrogen) atoms. The summed E-state index contributed by atoms with van der Waals surface area (Å²) in [7, 11) is 1.75. The highest BCUT2D eigenvalue weighted by atomic mass is 16.3. The lowest BCUT2D eigenvalue weighted by molar-refractivity contribution is 0.127. The third-order valence-electron chi connectivity index (χ3n) is 5.90. The van der Waals surface area contributed by atoms with Crippen molar-refractivity contribution in [1.82, 2.24) is 45.5 Å². The van der Waals surface area contributed by atoms with Crippen LogP contribution in [0.2, 0.25) is 0 Å². The minimum absolute atomic E-state index is 0.0191. The molecule has 1 aromatic carbocycles. The number of nitrogens with one attached hydrogen (secondary N) is 1. The fourth-order valence-corrected chi connectivity index (χ4v) is 4.96. The standard InChI is InChI=1S/C22H27N9O/c1-21(2)10-14(11-22(3,4)28-21)31-20-17(25-29-31)9-16(24-26-20)15-7-6-13(8-19(15)32)18-12-23-30(5)27-18/h6-9,12,14,28,32H,10-11H2,1-5H3. The quantitative estimate of drug-likeness (QED) is 0.506. The molecule has 2 N–H and O–H groups in total. The molecule has 166 valence electrons. The Hall–Kier alpha value is -3.40. The van der Waals surface area contributed by atoms with Crippen molar-refractivity contribution in [3.05, 3.63) is 30.5 Å². The van der Waals surface area contributed by atoms with Crippen molar-refractivity contribution in [2.24, 2.45) is 7.05 Å². The van der Waals surface area contributed by atoms with Crippen molar-refractivity contribution in [3.63, 3.8) is 0 Å². The van der Waals surface area contributed by atoms with Gasteiger partial charge in [-0.2, -0.15) is 15.0 Å². The van der Waals surface area contributed by atoms with Crippen LogP contribution in [0.1, 0.15) is 46.6 Å². The predicted molar refractivity (Wildman–Crippen MR) is 120 cm³/mol. The average molecular weight is 434 g/mol. The molecule has 5 rings (SSSR count). The van der Waals surface area contributed by atoms with Gasteiger partial charge in [-0.1, -0.05) is 11.3 Å². The van der Waals surface area contributed by atoms with Gasteiger partial charge in [-0.3, -0.25) is 0 Å². The van der Waals surface area contributed by atoms with E-state index in [-0.39, 0.29) is 22.9 Å². The van der Waals surface area contributed by atoms with E-state index in [0.717, 1.165) is 18.4 Å². The summed E-state index contributed by atoms with van der Waals surface area (Å²) >= 11 is 0. The maximum absolute atomic E-state index is 10.6. The Morgan fingerprint density at radius 3 is 2.41 bits per heavy atom. The van der Waals surface area contributed by atoms with Gasteiger partial charge in [-0.25, -0.2) is 4.68 Å². The van der Waals surface area contributed by atoms with Crippen LogP contribution >= 0.6 is 0 Å². The van der Waals surface area contributed by atoms with Crippen LogP contribution in [0.5, 0.6) is 5.75 Å². The molecule has 0 bridgehead atoms. The van der Waals surface area contributed by atoms with Crippen molar-refractivity contribution in [3.8, 4) is 28.3 Å². The Morgan fingerprint density at radius 1 is 1.00 bits per heavy atom. The van der Waals surface area contributed by atoms with Gasteiger partial charge in [0.15, 0.2) is 0 Å². The molecule has 4 aromatic rings. The summed E-state index contributed by atoms with van der Waals surface area (Å²) in [5, 5.41) is 40.3. The van der Waals surface area contributed by atoms with Gasteiger partial charge in [-0.15, -0.1) is 15.3 Å². The predicted octanol–water partition coefficient (Wildman–Crippen LogP) is 2.87. The minimum atomic E-state index is -0.0191. The number of benzene rings is 1. The molecule has 4 heterocycles. The van der Waals surface area contributed by atoms with Gasteiger partial charge in [0.05, 0.1) is 17.9 Å². The number of phenolic OH excluding ortho intramolecular Hbond substituents is 1. The van der Waals surface area contributed by atoms with Crippen molar-refractivity contribution in [2.45, 2.75) is 57.7 Å². The number of aryl methyl sites for hydroxylation is 1. The minimum Gasteiger partial charge on any atom is -0.507 e. The average Bonchev–Trinajstić information content (AvgIpc) is 3.31. The molecule has 0 spiro atoms. The van der Waals surface area contributed by atoms with Crippen LogP contribution < -0.4 is 5.32 Å². The SMILES string of the molecule is Cn1ncc(-c2ccc(-c3cc4nnn(C5CC(C)(C)NC(C)(C)C5)c4nn3)c(O)c2)n1. The molecular formula is C22H27N9O. The molecule has 0 atom stereocenters. The summed E-state index contributed by atoms with van der Waals surface area (Å²) in [6.07, 6.45) is 3.49. The summed E-state index contributed by atoms with van der Waals surface area (Å²) < 4.78 is 1.90. The first-order chi connectivity index (χ1) is 15.1. The smallest absolute Gasteiger partial charge is 0.201 e. The van der Waals surface area contributed by atoms with E-state index in [4.69, 9.17) is 0 Å². The van der Waals surface area contributed by atoms with Crippen LogP contribution in [0, 0.1) is 0 Å². The lowest BCUT2D eigenvalue weighted by Gasteiger charge is -2.46. The lowest BCUT2D eigenvalue weighted by atomic mass is 9.80. The lowest BCUT2D eigenvalue weighted by Crippen LogP contribution is -2.58. The number of piperidine rings is 1. The monoisotopic (exact) mass is 433 g/mol. The largest absolute Gasteiger partial charge is 0.507 e. The number of rotatable bonds is 3. The molecule has 0 amide bonds. The zero-order valence-corrected chi connectivity index (χ0v) is 18.9. The summed E-state index contributed by atoms with van der Waals surface area (Å²) in [6.45, 7) is 8.82. The Kier molecular flexibility index (Phi) is 4.52. The highest BCUT2D eigenvalue weighted by Crippen LogP contribution is 2.37. The first kappa shape index (κ1) is 20.5. The van der Waals surface area contributed by atoms with Gasteiger partial charge < -0.3 is 10.4 Å². The van der Waals surface area contributed by atoms with Crippen molar-refractivity contribution in [2.75, 3.05) is 0 Å². The van der Waals surface area contributed by atoms with E-state index < -0.39 is 0 Å². The zero-order valence-electron chi connectivity index (χ0n) is 18.9. The van der Waals surface area contributed by atoms with Crippen LogP contribution in [-0.2, 0) is 7.05 Å². The maximum atomic E-state index is 10.6. The number of hydrogen-bond acceptors (Lipinski definition) is 8. The summed E-state index contributed by atoms with van der Waals surface area (Å²) in [6, 6.07) is 7.33. The molecule has 0 aliphatic carbocycles. The Balaban J connectivity index is 1.48. The van der Waals surface area contributed by atoms with E-state index in [1.807, 2.05) is 16.8 Å². The van der Waals surface area contributed by atoms with Crippen LogP contribution in [-0.4, -0.2) is 56.4 Å². The third kappa shape index (κ3) is 3.70. The molecule has 0 unspecified atom stereocenters. The van der Waals surface area contributed by atoms with Crippen molar-refractivity contribution < 1.29 is 5.11 Å². The molecule has 3 aromatic heterocycles. The first-order valence-corrected chi connectivity index (χ1v) is 10.7. The summed E-state index contributed by atoms with van der Waals surface area (Å²) in [4.78, 5) is 1.48. The van der Waals surface area contributed by atoms with E-state index in [0.29, 0.717) is 28.1 Å². The van der Waals surface area contributed by atoms with Gasteiger partial charge in [0, 0.05) is 29.3 Å². The number of aromatic nitrogens is 8. The number of nitrogens with zero attached hydrogens (tertiary/aromatic N) is 8. The van der Waals surface area contributed by atoms with Crippen LogP contribution in [0.3, 0.4) is 0 Å². The Bertz CT molecular complexity index is 1290. The number of phenols is 1. The zero-order chi connectivity index (χ0) is 22.7. The maximum Gasteiger partial charge on any atom is 0.201 e. The number of fused-ring (bicyclic) bond motifs is 1. The first-order valence-electron chi connectivity index (χ1n) is 10.7. The van der Waals surface area contributed by atoms with Gasteiger partial charge in [0.2, 0.25) is 5.65 Å². The Morgan fingerprint density at radius 2 is 1.75 bits per heavy atom. The molecular weight excluding hydrogens is 406 g/mol. The molecule has 0 radical (unpaired) electrons. The molecule has 1 aliphatic heterocycles. The van der Waals surface area contributed by atoms with E-state index in [1.165, 1.54) is 4.80 Å². The van der Waals surface area contributed by atoms with Crippen molar-refractivity contribution in [1.29, 1.82) is 0 Å². The second-order valence-corrected chi connectivity index (χ2v) is 9.88. The molecule has 0 saturated carbocycles. The van der Waals surface area contributed by atoms with Gasteiger partial charge in [0.1, 0.15) is 17.0 Å². The summed E-state index contributed by atoms with van der Waals surface area (Å²) in [5.74, 6) is 0.0936. The van der Waals surface area contributed by atoms with E-state index in [9.17, 15) is 5.11 Å². The third-order valence-corrected chi connectivity index (χ3v) is 5.90. The normalized spacial score (nSPS) is 18.3. The van der Waals surface area contributed by atoms with E-state index in [1.54, 1.807) is 25.4 Å². The Labute approximate surface area is 185 Å². The number of hydrogen-bond donors (Lipinski definition) is 2. The van der Waals surface area contributed by atoms with Crippen LogP contribution in [0.4, 0.5) is 0 Å². The molecule has 1 saturated heterocycles. The summed E-state index contributed by atoms with van der Waals surface area (Å²) in [5.41, 5.74) is 3.85. The van der Waals surface area contributed by atoms with Gasteiger partial charge >= 0.3 is 0 Å². The van der Waals surface area contributed by atoms with E-state index in [2.05, 4.69) is 63.7 Å². The second-order valence-electron chi connectivity index (χ2n) is 9.88. The van der Waals surface area contributed by atoms with Crippen LogP contribution in [0.25, 0.3) is 33.7 Å². The van der Waals surface area contributed by atoms with Gasteiger partial charge in [0.25, 0.3) is 0 Å². The highest BCUT2D eigenvalue weighted by Gasteiger charge is 2.39. The highest BCUT2D eigenvalue weighted by molar-refractivity contribution is 5.79. The second kappa shape index (κ2) is 7.06. The topological polar surface area (TPSA) is 119 Å². The van der Waals surface area contributed by atoms with Gasteiger partial charge in [-0.05, 0) is 58.7 Å². The molecule has 1 aliphatic rings. The van der Waals surface area contributed by atoms with Crippen molar-refractivity contribution >= 4 is 11.2 Å². The number of aromatic hydroxyl groups is 1. The fourth-order valence-electron chi connectivity index (χ4n) is 4.96. The van der Waals surface area contributed by atoms with Crippen LogP contribution in [0.15, 0.2) is 30.5 Å².